The third-order valence-electron chi connectivity index (χ3n) is 6.00. The monoisotopic (exact) mass is 454 g/mol. The van der Waals surface area contributed by atoms with Gasteiger partial charge in [-0.1, -0.05) is 48.5 Å². The summed E-state index contributed by atoms with van der Waals surface area (Å²) in [6.07, 6.45) is -2.78. The molecule has 2 amide bonds. The maximum Gasteiger partial charge on any atom is 0.407 e. The Morgan fingerprint density at radius 3 is 2.33 bits per heavy atom. The molecule has 1 saturated heterocycles. The summed E-state index contributed by atoms with van der Waals surface area (Å²) in [5.74, 6) is -1.90. The third-order valence-corrected chi connectivity index (χ3v) is 6.00. The quantitative estimate of drug-likeness (QED) is 0.476. The van der Waals surface area contributed by atoms with Crippen molar-refractivity contribution in [1.82, 2.24) is 10.6 Å². The molecule has 0 bridgehead atoms. The van der Waals surface area contributed by atoms with Crippen LogP contribution < -0.4 is 10.6 Å². The summed E-state index contributed by atoms with van der Waals surface area (Å²) in [5, 5.41) is 23.2. The number of carboxylic acids is 1. The first kappa shape index (κ1) is 22.8. The molecule has 1 aliphatic heterocycles. The van der Waals surface area contributed by atoms with Gasteiger partial charge < -0.3 is 30.3 Å². The maximum atomic E-state index is 12.5. The van der Waals surface area contributed by atoms with E-state index in [0.29, 0.717) is 13.0 Å². The van der Waals surface area contributed by atoms with E-state index in [2.05, 4.69) is 22.8 Å². The number of carbonyl (C=O) groups excluding carboxylic acids is 2. The van der Waals surface area contributed by atoms with Gasteiger partial charge in [-0.05, 0) is 28.7 Å². The molecule has 4 N–H and O–H groups in total. The highest BCUT2D eigenvalue weighted by Crippen LogP contribution is 2.44. The normalized spacial score (nSPS) is 19.9. The fourth-order valence-corrected chi connectivity index (χ4v) is 4.34. The van der Waals surface area contributed by atoms with Gasteiger partial charge in [0.15, 0.2) is 12.2 Å². The summed E-state index contributed by atoms with van der Waals surface area (Å²) >= 11 is 0. The largest absolute Gasteiger partial charge is 0.479 e. The van der Waals surface area contributed by atoms with Crippen molar-refractivity contribution in [3.05, 3.63) is 59.7 Å². The van der Waals surface area contributed by atoms with Crippen LogP contribution in [0.5, 0.6) is 0 Å². The molecule has 0 spiro atoms. The molecule has 33 heavy (non-hydrogen) atoms. The zero-order chi connectivity index (χ0) is 23.4. The lowest BCUT2D eigenvalue weighted by atomic mass is 9.98. The summed E-state index contributed by atoms with van der Waals surface area (Å²) in [6.45, 7) is 0.436. The zero-order valence-electron chi connectivity index (χ0n) is 17.9. The molecular formula is C24H26N2O7. The summed E-state index contributed by atoms with van der Waals surface area (Å²) in [4.78, 5) is 35.5. The summed E-state index contributed by atoms with van der Waals surface area (Å²) in [7, 11) is 0. The fourth-order valence-electron chi connectivity index (χ4n) is 4.34. The summed E-state index contributed by atoms with van der Waals surface area (Å²) in [6, 6.07) is 15.5. The highest BCUT2D eigenvalue weighted by Gasteiger charge is 2.36. The third kappa shape index (κ3) is 4.99. The van der Waals surface area contributed by atoms with E-state index in [1.165, 1.54) is 0 Å². The lowest BCUT2D eigenvalue weighted by Gasteiger charge is -2.20. The average molecular weight is 454 g/mol. The maximum absolute atomic E-state index is 12.5. The molecule has 9 nitrogen and oxygen atoms in total. The van der Waals surface area contributed by atoms with Gasteiger partial charge in [-0.25, -0.2) is 9.59 Å². The number of fused-ring (bicyclic) bond motifs is 3. The van der Waals surface area contributed by atoms with Crippen LogP contribution in [0.2, 0.25) is 0 Å². The van der Waals surface area contributed by atoms with Crippen LogP contribution in [-0.2, 0) is 19.1 Å². The number of aliphatic carboxylic acids is 1. The molecule has 1 unspecified atom stereocenters. The van der Waals surface area contributed by atoms with Gasteiger partial charge in [-0.15, -0.1) is 0 Å². The van der Waals surface area contributed by atoms with Gasteiger partial charge in [0.05, 0.1) is 6.04 Å². The first-order valence-corrected chi connectivity index (χ1v) is 10.9. The van der Waals surface area contributed by atoms with Gasteiger partial charge in [0.2, 0.25) is 0 Å². The number of nitrogens with one attached hydrogen (secondary N) is 2. The van der Waals surface area contributed by atoms with Crippen LogP contribution in [0, 0.1) is 0 Å². The van der Waals surface area contributed by atoms with Crippen molar-refractivity contribution in [1.29, 1.82) is 0 Å². The first-order valence-electron chi connectivity index (χ1n) is 10.9. The van der Waals surface area contributed by atoms with Crippen LogP contribution >= 0.6 is 0 Å². The van der Waals surface area contributed by atoms with Crippen LogP contribution in [0.1, 0.15) is 29.9 Å². The number of carbonyl (C=O) groups is 3. The van der Waals surface area contributed by atoms with Crippen molar-refractivity contribution in [2.75, 3.05) is 19.8 Å². The van der Waals surface area contributed by atoms with Crippen LogP contribution in [0.15, 0.2) is 48.5 Å². The number of hydrogen-bond donors (Lipinski definition) is 4. The number of carboxylic acid groups (broad SMARTS) is 1. The van der Waals surface area contributed by atoms with E-state index in [1.54, 1.807) is 0 Å². The molecule has 3 atom stereocenters. The Bertz CT molecular complexity index is 995. The molecule has 2 aromatic carbocycles. The number of rotatable bonds is 8. The highest BCUT2D eigenvalue weighted by atomic mass is 16.6. The molecule has 1 fully saturated rings. The van der Waals surface area contributed by atoms with Crippen molar-refractivity contribution < 1.29 is 34.1 Å². The average Bonchev–Trinajstić information content (AvgIpc) is 3.40. The van der Waals surface area contributed by atoms with E-state index in [-0.39, 0.29) is 25.5 Å². The van der Waals surface area contributed by atoms with E-state index >= 15 is 0 Å². The topological polar surface area (TPSA) is 134 Å². The molecule has 0 aromatic heterocycles. The molecule has 1 heterocycles. The van der Waals surface area contributed by atoms with Crippen molar-refractivity contribution in [2.45, 2.75) is 37.0 Å². The standard InChI is InChI=1S/C24H26N2O7/c27-20(23(29)30)9-11-25-22(28)21-19(10-12-32-21)26-24(31)33-13-18-16-7-3-1-5-14(16)15-6-2-4-8-17(15)18/h1-8,18-21,27H,9-13H2,(H,25,28)(H,26,31)(H,29,30)/t19-,20?,21+/m0/s1. The zero-order valence-corrected chi connectivity index (χ0v) is 17.9. The summed E-state index contributed by atoms with van der Waals surface area (Å²) < 4.78 is 11.0. The van der Waals surface area contributed by atoms with Gasteiger partial charge in [-0.3, -0.25) is 4.79 Å². The van der Waals surface area contributed by atoms with Crippen molar-refractivity contribution in [2.24, 2.45) is 0 Å². The number of amides is 2. The second-order valence-electron chi connectivity index (χ2n) is 8.09. The molecule has 2 aliphatic rings. The lowest BCUT2D eigenvalue weighted by molar-refractivity contribution is -0.147. The van der Waals surface area contributed by atoms with Gasteiger partial charge in [-0.2, -0.15) is 0 Å². The predicted molar refractivity (Wildman–Crippen MR) is 118 cm³/mol. The molecule has 2 aromatic rings. The van der Waals surface area contributed by atoms with E-state index in [9.17, 15) is 19.5 Å². The minimum Gasteiger partial charge on any atom is -0.479 e. The Labute approximate surface area is 190 Å². The molecule has 1 aliphatic carbocycles. The minimum atomic E-state index is -1.55. The molecule has 174 valence electrons. The first-order chi connectivity index (χ1) is 16.0. The Hall–Kier alpha value is -3.43. The van der Waals surface area contributed by atoms with Gasteiger partial charge in [0, 0.05) is 25.5 Å². The van der Waals surface area contributed by atoms with Crippen molar-refractivity contribution in [3.63, 3.8) is 0 Å². The Balaban J connectivity index is 1.31. The van der Waals surface area contributed by atoms with E-state index in [1.807, 2.05) is 36.4 Å². The Morgan fingerprint density at radius 1 is 1.06 bits per heavy atom. The van der Waals surface area contributed by atoms with Crippen LogP contribution in [0.4, 0.5) is 4.79 Å². The number of alkyl carbamates (subject to hydrolysis) is 1. The molecular weight excluding hydrogens is 428 g/mol. The van der Waals surface area contributed by atoms with Crippen LogP contribution in [0.3, 0.4) is 0 Å². The SMILES string of the molecule is O=C(N[C@H]1CCO[C@H]1C(=O)NCCC(O)C(=O)O)OCC1c2ccccc2-c2ccccc21. The fraction of sp³-hybridized carbons (Fsp3) is 0.375. The number of aliphatic hydroxyl groups excluding tert-OH is 1. The van der Waals surface area contributed by atoms with E-state index < -0.39 is 36.2 Å². The van der Waals surface area contributed by atoms with Crippen molar-refractivity contribution in [3.8, 4) is 11.1 Å². The molecule has 9 heteroatoms. The minimum absolute atomic E-state index is 0.0240. The highest BCUT2D eigenvalue weighted by molar-refractivity contribution is 5.83. The lowest BCUT2D eigenvalue weighted by Crippen LogP contribution is -2.49. The van der Waals surface area contributed by atoms with Gasteiger partial charge in [0.25, 0.3) is 5.91 Å². The number of aliphatic hydroxyl groups is 1. The molecule has 4 rings (SSSR count). The number of benzene rings is 2. The van der Waals surface area contributed by atoms with Crippen LogP contribution in [0.25, 0.3) is 11.1 Å². The molecule has 0 saturated carbocycles. The smallest absolute Gasteiger partial charge is 0.407 e. The number of ether oxygens (including phenoxy) is 2. The second kappa shape index (κ2) is 10.0. The van der Waals surface area contributed by atoms with Gasteiger partial charge in [0.1, 0.15) is 6.61 Å². The van der Waals surface area contributed by atoms with Crippen LogP contribution in [-0.4, -0.2) is 66.2 Å². The summed E-state index contributed by atoms with van der Waals surface area (Å²) in [5.41, 5.74) is 4.49. The van der Waals surface area contributed by atoms with Gasteiger partial charge >= 0.3 is 12.1 Å². The second-order valence-corrected chi connectivity index (χ2v) is 8.09. The van der Waals surface area contributed by atoms with E-state index in [4.69, 9.17) is 14.6 Å². The number of hydrogen-bond acceptors (Lipinski definition) is 6. The van der Waals surface area contributed by atoms with E-state index in [0.717, 1.165) is 22.3 Å². The Morgan fingerprint density at radius 2 is 1.70 bits per heavy atom. The Kier molecular flexibility index (Phi) is 6.90. The molecule has 0 radical (unpaired) electrons. The predicted octanol–water partition coefficient (Wildman–Crippen LogP) is 1.63. The van der Waals surface area contributed by atoms with Crippen molar-refractivity contribution >= 4 is 18.0 Å².